The number of hydrogen-bond acceptors (Lipinski definition) is 6. The number of alkyl carbamates (subject to hydrolysis) is 1. The number of aliphatic carboxylic acids is 1. The first-order valence-electron chi connectivity index (χ1n) is 11.1. The molecule has 0 saturated carbocycles. The molecule has 0 saturated heterocycles. The van der Waals surface area contributed by atoms with Gasteiger partial charge in [0.05, 0.1) is 0 Å². The summed E-state index contributed by atoms with van der Waals surface area (Å²) in [5.41, 5.74) is 4.44. The van der Waals surface area contributed by atoms with Crippen LogP contribution in [0.2, 0.25) is 0 Å². The van der Waals surface area contributed by atoms with Gasteiger partial charge in [-0.25, -0.2) is 9.59 Å². The van der Waals surface area contributed by atoms with Crippen molar-refractivity contribution < 1.29 is 29.0 Å². The molecule has 1 unspecified atom stereocenters. The van der Waals surface area contributed by atoms with E-state index in [-0.39, 0.29) is 25.6 Å². The lowest BCUT2D eigenvalue weighted by molar-refractivity contribution is -0.142. The number of carbonyl (C=O) groups excluding carboxylic acids is 2. The normalized spacial score (nSPS) is 13.9. The topological polar surface area (TPSA) is 114 Å². The Morgan fingerprint density at radius 3 is 2.15 bits per heavy atom. The number of amides is 2. The molecule has 2 aromatic carbocycles. The van der Waals surface area contributed by atoms with Crippen molar-refractivity contribution in [3.8, 4) is 11.1 Å². The predicted molar refractivity (Wildman–Crippen MR) is 131 cm³/mol. The third kappa shape index (κ3) is 6.30. The molecule has 2 atom stereocenters. The largest absolute Gasteiger partial charge is 0.480 e. The Morgan fingerprint density at radius 1 is 0.971 bits per heavy atom. The molecule has 0 fully saturated rings. The van der Waals surface area contributed by atoms with E-state index < -0.39 is 30.1 Å². The highest BCUT2D eigenvalue weighted by Crippen LogP contribution is 2.44. The van der Waals surface area contributed by atoms with Gasteiger partial charge < -0.3 is 25.2 Å². The standard InChI is InChI=1S/C25H30N2O6S/c1-32-13-11-22(24(29)30)26-23(28)21(12-14-34-2)27-25(31)33-15-20-18-9-5-3-7-16(18)17-8-4-6-10-19(17)20/h3-10,20-22H,11-15H2,1-2H3,(H,26,28)(H,27,31)(H,29,30)/t21-,22?/m0/s1. The summed E-state index contributed by atoms with van der Waals surface area (Å²) in [5.74, 6) is -1.21. The highest BCUT2D eigenvalue weighted by molar-refractivity contribution is 7.98. The van der Waals surface area contributed by atoms with Crippen LogP contribution in [0.5, 0.6) is 0 Å². The molecule has 0 aromatic heterocycles. The van der Waals surface area contributed by atoms with Gasteiger partial charge in [-0.05, 0) is 40.7 Å². The monoisotopic (exact) mass is 486 g/mol. The molecule has 182 valence electrons. The van der Waals surface area contributed by atoms with E-state index in [2.05, 4.69) is 22.8 Å². The van der Waals surface area contributed by atoms with Crippen LogP contribution in [-0.2, 0) is 19.1 Å². The highest BCUT2D eigenvalue weighted by atomic mass is 32.2. The lowest BCUT2D eigenvalue weighted by atomic mass is 9.98. The fourth-order valence-corrected chi connectivity index (χ4v) is 4.52. The fraction of sp³-hybridized carbons (Fsp3) is 0.400. The molecule has 3 N–H and O–H groups in total. The first-order chi connectivity index (χ1) is 16.5. The zero-order valence-electron chi connectivity index (χ0n) is 19.3. The zero-order valence-corrected chi connectivity index (χ0v) is 20.1. The third-order valence-corrected chi connectivity index (χ3v) is 6.43. The number of methoxy groups -OCH3 is 1. The molecule has 9 heteroatoms. The summed E-state index contributed by atoms with van der Waals surface area (Å²) in [4.78, 5) is 36.9. The molecule has 2 amide bonds. The van der Waals surface area contributed by atoms with Crippen molar-refractivity contribution >= 4 is 29.7 Å². The number of fused-ring (bicyclic) bond motifs is 3. The number of ether oxygens (including phenoxy) is 2. The van der Waals surface area contributed by atoms with E-state index in [1.165, 1.54) is 18.9 Å². The van der Waals surface area contributed by atoms with E-state index in [1.54, 1.807) is 0 Å². The fourth-order valence-electron chi connectivity index (χ4n) is 4.05. The summed E-state index contributed by atoms with van der Waals surface area (Å²) in [6.07, 6.45) is 1.64. The van der Waals surface area contributed by atoms with Crippen LogP contribution in [-0.4, -0.2) is 67.5 Å². The van der Waals surface area contributed by atoms with Gasteiger partial charge in [0.25, 0.3) is 0 Å². The van der Waals surface area contributed by atoms with E-state index >= 15 is 0 Å². The molecule has 0 radical (unpaired) electrons. The lowest BCUT2D eigenvalue weighted by Crippen LogP contribution is -2.52. The number of thioether (sulfide) groups is 1. The first kappa shape index (κ1) is 25.6. The van der Waals surface area contributed by atoms with Gasteiger partial charge in [0, 0.05) is 26.1 Å². The van der Waals surface area contributed by atoms with Crippen LogP contribution in [0.1, 0.15) is 29.9 Å². The van der Waals surface area contributed by atoms with Crippen LogP contribution < -0.4 is 10.6 Å². The molecular formula is C25H30N2O6S. The quantitative estimate of drug-likeness (QED) is 0.422. The van der Waals surface area contributed by atoms with Gasteiger partial charge >= 0.3 is 12.1 Å². The van der Waals surface area contributed by atoms with Crippen molar-refractivity contribution in [1.82, 2.24) is 10.6 Å². The van der Waals surface area contributed by atoms with Crippen LogP contribution in [0.4, 0.5) is 4.79 Å². The molecule has 2 aromatic rings. The number of carbonyl (C=O) groups is 3. The van der Waals surface area contributed by atoms with Gasteiger partial charge in [-0.1, -0.05) is 48.5 Å². The minimum absolute atomic E-state index is 0.0953. The Balaban J connectivity index is 1.64. The Morgan fingerprint density at radius 2 is 1.59 bits per heavy atom. The Kier molecular flexibility index (Phi) is 9.35. The van der Waals surface area contributed by atoms with Crippen LogP contribution in [0.25, 0.3) is 11.1 Å². The number of hydrogen-bond donors (Lipinski definition) is 3. The summed E-state index contributed by atoms with van der Waals surface area (Å²) >= 11 is 1.52. The lowest BCUT2D eigenvalue weighted by Gasteiger charge is -2.22. The number of benzene rings is 2. The molecule has 0 spiro atoms. The predicted octanol–water partition coefficient (Wildman–Crippen LogP) is 3.25. The summed E-state index contributed by atoms with van der Waals surface area (Å²) in [5, 5.41) is 14.5. The van der Waals surface area contributed by atoms with Gasteiger partial charge in [-0.3, -0.25) is 4.79 Å². The maximum atomic E-state index is 12.8. The Hall–Kier alpha value is -3.04. The van der Waals surface area contributed by atoms with E-state index in [4.69, 9.17) is 9.47 Å². The molecule has 0 aliphatic heterocycles. The minimum atomic E-state index is -1.16. The van der Waals surface area contributed by atoms with Crippen LogP contribution >= 0.6 is 11.8 Å². The average molecular weight is 487 g/mol. The van der Waals surface area contributed by atoms with Gasteiger partial charge in [0.2, 0.25) is 5.91 Å². The van der Waals surface area contributed by atoms with Gasteiger partial charge in [-0.2, -0.15) is 11.8 Å². The third-order valence-electron chi connectivity index (χ3n) is 5.79. The molecule has 0 bridgehead atoms. The molecule has 0 heterocycles. The number of nitrogens with one attached hydrogen (secondary N) is 2. The van der Waals surface area contributed by atoms with Crippen LogP contribution in [0.15, 0.2) is 48.5 Å². The number of rotatable bonds is 12. The van der Waals surface area contributed by atoms with E-state index in [1.807, 2.05) is 42.7 Å². The second kappa shape index (κ2) is 12.4. The molecule has 3 rings (SSSR count). The van der Waals surface area contributed by atoms with Crippen molar-refractivity contribution in [2.75, 3.05) is 32.3 Å². The molecule has 1 aliphatic rings. The van der Waals surface area contributed by atoms with Crippen molar-refractivity contribution in [2.45, 2.75) is 30.8 Å². The highest BCUT2D eigenvalue weighted by Gasteiger charge is 2.30. The second-order valence-electron chi connectivity index (χ2n) is 7.98. The van der Waals surface area contributed by atoms with Crippen molar-refractivity contribution in [3.05, 3.63) is 59.7 Å². The number of carboxylic acids is 1. The average Bonchev–Trinajstić information content (AvgIpc) is 3.16. The summed E-state index contributed by atoms with van der Waals surface area (Å²) in [6, 6.07) is 14.0. The smallest absolute Gasteiger partial charge is 0.407 e. The SMILES string of the molecule is COCCC(NC(=O)[C@H](CCSC)NC(=O)OCC1c2ccccc2-c2ccccc21)C(=O)O. The van der Waals surface area contributed by atoms with Crippen molar-refractivity contribution in [2.24, 2.45) is 0 Å². The number of carboxylic acid groups (broad SMARTS) is 1. The molecule has 8 nitrogen and oxygen atoms in total. The maximum absolute atomic E-state index is 12.8. The molecular weight excluding hydrogens is 456 g/mol. The Bertz CT molecular complexity index is 969. The zero-order chi connectivity index (χ0) is 24.5. The van der Waals surface area contributed by atoms with E-state index in [0.717, 1.165) is 22.3 Å². The first-order valence-corrected chi connectivity index (χ1v) is 12.5. The molecule has 1 aliphatic carbocycles. The summed E-state index contributed by atoms with van der Waals surface area (Å²) in [6.45, 7) is 0.314. The van der Waals surface area contributed by atoms with E-state index in [0.29, 0.717) is 12.2 Å². The minimum Gasteiger partial charge on any atom is -0.480 e. The van der Waals surface area contributed by atoms with Gasteiger partial charge in [0.1, 0.15) is 18.7 Å². The Labute approximate surface area is 203 Å². The maximum Gasteiger partial charge on any atom is 0.407 e. The van der Waals surface area contributed by atoms with Crippen LogP contribution in [0, 0.1) is 0 Å². The van der Waals surface area contributed by atoms with Crippen molar-refractivity contribution in [3.63, 3.8) is 0 Å². The van der Waals surface area contributed by atoms with E-state index in [9.17, 15) is 19.5 Å². The summed E-state index contributed by atoms with van der Waals surface area (Å²) in [7, 11) is 1.46. The van der Waals surface area contributed by atoms with Crippen LogP contribution in [0.3, 0.4) is 0 Å². The molecule has 34 heavy (non-hydrogen) atoms. The second-order valence-corrected chi connectivity index (χ2v) is 8.97. The van der Waals surface area contributed by atoms with Gasteiger partial charge in [0.15, 0.2) is 0 Å². The summed E-state index contributed by atoms with van der Waals surface area (Å²) < 4.78 is 10.5. The van der Waals surface area contributed by atoms with Gasteiger partial charge in [-0.15, -0.1) is 0 Å². The van der Waals surface area contributed by atoms with Crippen molar-refractivity contribution in [1.29, 1.82) is 0 Å².